The minimum atomic E-state index is -0.131. The Kier molecular flexibility index (Phi) is 4.86. The number of hydrogen-bond donors (Lipinski definition) is 1. The summed E-state index contributed by atoms with van der Waals surface area (Å²) in [4.78, 5) is 16.0. The van der Waals surface area contributed by atoms with E-state index in [0.717, 1.165) is 17.0 Å². The van der Waals surface area contributed by atoms with Gasteiger partial charge in [0, 0.05) is 5.56 Å². The van der Waals surface area contributed by atoms with E-state index in [1.807, 2.05) is 43.3 Å². The predicted molar refractivity (Wildman–Crippen MR) is 90.4 cm³/mol. The van der Waals surface area contributed by atoms with Crippen LogP contribution in [0.15, 0.2) is 61.2 Å². The number of rotatable bonds is 6. The smallest absolute Gasteiger partial charge is 0.251 e. The van der Waals surface area contributed by atoms with Crippen LogP contribution < -0.4 is 10.1 Å². The second-order valence-electron chi connectivity index (χ2n) is 5.31. The van der Waals surface area contributed by atoms with E-state index in [2.05, 4.69) is 15.4 Å². The van der Waals surface area contributed by atoms with Gasteiger partial charge in [0.15, 0.2) is 0 Å². The van der Waals surface area contributed by atoms with Crippen molar-refractivity contribution in [2.45, 2.75) is 6.92 Å². The van der Waals surface area contributed by atoms with Crippen molar-refractivity contribution in [3.8, 4) is 11.4 Å². The van der Waals surface area contributed by atoms with E-state index in [0.29, 0.717) is 18.7 Å². The van der Waals surface area contributed by atoms with Gasteiger partial charge in [-0.1, -0.05) is 12.1 Å². The highest BCUT2D eigenvalue weighted by Crippen LogP contribution is 2.12. The molecule has 2 aromatic carbocycles. The van der Waals surface area contributed by atoms with Crippen LogP contribution in [-0.2, 0) is 0 Å². The predicted octanol–water partition coefficient (Wildman–Crippen LogP) is 2.38. The second kappa shape index (κ2) is 7.41. The normalized spacial score (nSPS) is 10.4. The lowest BCUT2D eigenvalue weighted by Crippen LogP contribution is -2.28. The van der Waals surface area contributed by atoms with E-state index in [9.17, 15) is 4.79 Å². The molecule has 3 aromatic rings. The Balaban J connectivity index is 1.48. The highest BCUT2D eigenvalue weighted by Gasteiger charge is 2.05. The molecule has 0 unspecified atom stereocenters. The highest BCUT2D eigenvalue weighted by atomic mass is 16.5. The van der Waals surface area contributed by atoms with E-state index in [4.69, 9.17) is 4.74 Å². The molecule has 0 spiro atoms. The van der Waals surface area contributed by atoms with Crippen LogP contribution >= 0.6 is 0 Å². The van der Waals surface area contributed by atoms with Crippen LogP contribution in [0.5, 0.6) is 5.75 Å². The summed E-state index contributed by atoms with van der Waals surface area (Å²) in [6.07, 6.45) is 3.08. The SMILES string of the molecule is Cc1cccc(OCCNC(=O)c2ccc(-n3cncn3)cc2)c1. The van der Waals surface area contributed by atoms with Gasteiger partial charge in [0.2, 0.25) is 0 Å². The van der Waals surface area contributed by atoms with Gasteiger partial charge in [-0.25, -0.2) is 9.67 Å². The summed E-state index contributed by atoms with van der Waals surface area (Å²) in [5.74, 6) is 0.675. The third-order valence-corrected chi connectivity index (χ3v) is 3.46. The fraction of sp³-hybridized carbons (Fsp3) is 0.167. The molecule has 0 bridgehead atoms. The molecule has 0 saturated heterocycles. The standard InChI is InChI=1S/C18H18N4O2/c1-14-3-2-4-17(11-14)24-10-9-20-18(23)15-5-7-16(8-6-15)22-13-19-12-21-22/h2-8,11-13H,9-10H2,1H3,(H,20,23). The van der Waals surface area contributed by atoms with Crippen molar-refractivity contribution in [2.24, 2.45) is 0 Å². The number of aryl methyl sites for hydroxylation is 1. The van der Waals surface area contributed by atoms with Crippen LogP contribution in [0.3, 0.4) is 0 Å². The van der Waals surface area contributed by atoms with Crippen LogP contribution in [0, 0.1) is 6.92 Å². The summed E-state index contributed by atoms with van der Waals surface area (Å²) in [6, 6.07) is 15.0. The number of carbonyl (C=O) groups excluding carboxylic acids is 1. The third-order valence-electron chi connectivity index (χ3n) is 3.46. The van der Waals surface area contributed by atoms with Gasteiger partial charge in [-0.15, -0.1) is 0 Å². The number of hydrogen-bond acceptors (Lipinski definition) is 4. The molecule has 3 rings (SSSR count). The van der Waals surface area contributed by atoms with Crippen LogP contribution in [0.1, 0.15) is 15.9 Å². The number of aromatic nitrogens is 3. The molecule has 0 radical (unpaired) electrons. The summed E-state index contributed by atoms with van der Waals surface area (Å²) in [5, 5.41) is 6.88. The van der Waals surface area contributed by atoms with E-state index < -0.39 is 0 Å². The Bertz CT molecular complexity index is 798. The van der Waals surface area contributed by atoms with E-state index in [1.54, 1.807) is 23.1 Å². The molecule has 1 N–H and O–H groups in total. The maximum atomic E-state index is 12.1. The first-order valence-corrected chi connectivity index (χ1v) is 7.65. The van der Waals surface area contributed by atoms with Crippen LogP contribution in [0.2, 0.25) is 0 Å². The average molecular weight is 322 g/mol. The number of nitrogens with zero attached hydrogens (tertiary/aromatic N) is 3. The molecule has 0 aliphatic heterocycles. The molecule has 24 heavy (non-hydrogen) atoms. The summed E-state index contributed by atoms with van der Waals surface area (Å²) >= 11 is 0. The molecule has 122 valence electrons. The Hall–Kier alpha value is -3.15. The van der Waals surface area contributed by atoms with Gasteiger partial charge < -0.3 is 10.1 Å². The van der Waals surface area contributed by atoms with Gasteiger partial charge >= 0.3 is 0 Å². The van der Waals surface area contributed by atoms with Crippen LogP contribution in [0.4, 0.5) is 0 Å². The first kappa shape index (κ1) is 15.7. The fourth-order valence-corrected chi connectivity index (χ4v) is 2.25. The topological polar surface area (TPSA) is 69.0 Å². The largest absolute Gasteiger partial charge is 0.492 e. The van der Waals surface area contributed by atoms with E-state index in [1.165, 1.54) is 6.33 Å². The van der Waals surface area contributed by atoms with Crippen molar-refractivity contribution in [3.63, 3.8) is 0 Å². The molecule has 0 aliphatic carbocycles. The van der Waals surface area contributed by atoms with Gasteiger partial charge in [-0.2, -0.15) is 5.10 Å². The zero-order valence-electron chi connectivity index (χ0n) is 13.3. The van der Waals surface area contributed by atoms with E-state index in [-0.39, 0.29) is 5.91 Å². The molecule has 6 heteroatoms. The Morgan fingerprint density at radius 3 is 2.75 bits per heavy atom. The second-order valence-corrected chi connectivity index (χ2v) is 5.31. The lowest BCUT2D eigenvalue weighted by molar-refractivity contribution is 0.0947. The summed E-state index contributed by atoms with van der Waals surface area (Å²) in [5.41, 5.74) is 2.59. The maximum absolute atomic E-state index is 12.1. The zero-order valence-corrected chi connectivity index (χ0v) is 13.3. The highest BCUT2D eigenvalue weighted by molar-refractivity contribution is 5.94. The lowest BCUT2D eigenvalue weighted by atomic mass is 10.2. The quantitative estimate of drug-likeness (QED) is 0.708. The van der Waals surface area contributed by atoms with Crippen LogP contribution in [0.25, 0.3) is 5.69 Å². The number of carbonyl (C=O) groups is 1. The van der Waals surface area contributed by atoms with Gasteiger partial charge in [0.1, 0.15) is 25.0 Å². The summed E-state index contributed by atoms with van der Waals surface area (Å²) in [6.45, 7) is 2.88. The fourth-order valence-electron chi connectivity index (χ4n) is 2.25. The van der Waals surface area contributed by atoms with Crippen molar-refractivity contribution < 1.29 is 9.53 Å². The minimum absolute atomic E-state index is 0.131. The van der Waals surface area contributed by atoms with Crippen molar-refractivity contribution in [2.75, 3.05) is 13.2 Å². The van der Waals surface area contributed by atoms with Gasteiger partial charge in [-0.05, 0) is 48.9 Å². The maximum Gasteiger partial charge on any atom is 0.251 e. The Morgan fingerprint density at radius 2 is 2.04 bits per heavy atom. The van der Waals surface area contributed by atoms with Crippen LogP contribution in [-0.4, -0.2) is 33.8 Å². The van der Waals surface area contributed by atoms with Gasteiger partial charge in [0.25, 0.3) is 5.91 Å². The number of ether oxygens (including phenoxy) is 1. The molecule has 1 amide bonds. The molecule has 0 saturated carbocycles. The summed E-state index contributed by atoms with van der Waals surface area (Å²) in [7, 11) is 0. The van der Waals surface area contributed by atoms with Crippen molar-refractivity contribution in [1.82, 2.24) is 20.1 Å². The van der Waals surface area contributed by atoms with E-state index >= 15 is 0 Å². The van der Waals surface area contributed by atoms with Crippen molar-refractivity contribution in [1.29, 1.82) is 0 Å². The molecule has 0 aliphatic rings. The number of amides is 1. The van der Waals surface area contributed by atoms with Gasteiger partial charge in [0.05, 0.1) is 12.2 Å². The molecule has 0 fully saturated rings. The minimum Gasteiger partial charge on any atom is -0.492 e. The number of nitrogens with one attached hydrogen (secondary N) is 1. The molecule has 6 nitrogen and oxygen atoms in total. The average Bonchev–Trinajstić information content (AvgIpc) is 3.13. The molecule has 1 aromatic heterocycles. The summed E-state index contributed by atoms with van der Waals surface area (Å²) < 4.78 is 7.24. The zero-order chi connectivity index (χ0) is 16.8. The Labute approximate surface area is 140 Å². The Morgan fingerprint density at radius 1 is 1.21 bits per heavy atom. The molecule has 1 heterocycles. The molecule has 0 atom stereocenters. The van der Waals surface area contributed by atoms with Crippen molar-refractivity contribution in [3.05, 3.63) is 72.3 Å². The first-order chi connectivity index (χ1) is 11.7. The first-order valence-electron chi connectivity index (χ1n) is 7.65. The lowest BCUT2D eigenvalue weighted by Gasteiger charge is -2.09. The number of benzene rings is 2. The molecular weight excluding hydrogens is 304 g/mol. The third kappa shape index (κ3) is 3.98. The van der Waals surface area contributed by atoms with Crippen molar-refractivity contribution >= 4 is 5.91 Å². The van der Waals surface area contributed by atoms with Gasteiger partial charge in [-0.3, -0.25) is 4.79 Å². The molecular formula is C18H18N4O2. The monoisotopic (exact) mass is 322 g/mol.